The quantitative estimate of drug-likeness (QED) is 0.637. The van der Waals surface area contributed by atoms with Crippen LogP contribution in [0.1, 0.15) is 54.2 Å². The first kappa shape index (κ1) is 20.1. The van der Waals surface area contributed by atoms with Crippen LogP contribution < -0.4 is 15.8 Å². The minimum atomic E-state index is -1.43. The van der Waals surface area contributed by atoms with Gasteiger partial charge in [0.1, 0.15) is 11.2 Å². The van der Waals surface area contributed by atoms with Gasteiger partial charge in [-0.1, -0.05) is 13.8 Å². The summed E-state index contributed by atoms with van der Waals surface area (Å²) in [5.74, 6) is -4.13. The van der Waals surface area contributed by atoms with Crippen molar-refractivity contribution in [3.8, 4) is 5.75 Å². The molecule has 0 bridgehead atoms. The van der Waals surface area contributed by atoms with Crippen LogP contribution in [0.5, 0.6) is 5.75 Å². The molecule has 25 heavy (non-hydrogen) atoms. The lowest BCUT2D eigenvalue weighted by Crippen LogP contribution is -2.59. The van der Waals surface area contributed by atoms with Gasteiger partial charge in [0.05, 0.1) is 11.3 Å². The van der Waals surface area contributed by atoms with E-state index in [4.69, 9.17) is 10.5 Å². The summed E-state index contributed by atoms with van der Waals surface area (Å²) in [6.45, 7) is 7.42. The third-order valence-electron chi connectivity index (χ3n) is 3.91. The number of carbonyl (C=O) groups is 4. The number of primary amides is 1. The molecule has 0 aromatic carbocycles. The van der Waals surface area contributed by atoms with Crippen LogP contribution in [-0.2, 0) is 9.59 Å². The molecular formula is C16H21N3O6. The summed E-state index contributed by atoms with van der Waals surface area (Å²) in [5, 5.41) is 11.8. The number of esters is 1. The molecule has 4 N–H and O–H groups in total. The molecule has 2 amide bonds. The normalized spacial score (nSPS) is 13.0. The van der Waals surface area contributed by atoms with Crippen molar-refractivity contribution >= 4 is 23.8 Å². The summed E-state index contributed by atoms with van der Waals surface area (Å²) in [7, 11) is 0. The number of nitrogens with zero attached hydrogens (tertiary/aromatic N) is 1. The molecule has 1 rings (SSSR count). The van der Waals surface area contributed by atoms with Crippen LogP contribution in [0.4, 0.5) is 0 Å². The highest BCUT2D eigenvalue weighted by atomic mass is 16.5. The van der Waals surface area contributed by atoms with Crippen molar-refractivity contribution in [3.63, 3.8) is 0 Å². The first-order chi connectivity index (χ1) is 11.4. The van der Waals surface area contributed by atoms with Crippen LogP contribution in [0, 0.1) is 12.8 Å². The number of hydrogen-bond acceptors (Lipinski definition) is 6. The number of amides is 2. The van der Waals surface area contributed by atoms with Crippen molar-refractivity contribution in [3.05, 3.63) is 23.0 Å². The van der Waals surface area contributed by atoms with Crippen LogP contribution in [0.25, 0.3) is 0 Å². The molecule has 1 unspecified atom stereocenters. The Morgan fingerprint density at radius 1 is 1.32 bits per heavy atom. The van der Waals surface area contributed by atoms with Gasteiger partial charge in [0.15, 0.2) is 5.75 Å². The molecule has 0 spiro atoms. The number of carboxylic acid groups (broad SMARTS) is 1. The van der Waals surface area contributed by atoms with E-state index in [1.807, 2.05) is 0 Å². The summed E-state index contributed by atoms with van der Waals surface area (Å²) in [5.41, 5.74) is 3.24. The highest BCUT2D eigenvalue weighted by Gasteiger charge is 2.37. The average Bonchev–Trinajstić information content (AvgIpc) is 2.47. The summed E-state index contributed by atoms with van der Waals surface area (Å²) < 4.78 is 4.88. The number of aromatic carboxylic acids is 1. The van der Waals surface area contributed by atoms with E-state index < -0.39 is 40.5 Å². The van der Waals surface area contributed by atoms with E-state index in [1.165, 1.54) is 13.8 Å². The predicted molar refractivity (Wildman–Crippen MR) is 87.1 cm³/mol. The maximum atomic E-state index is 12.5. The highest BCUT2D eigenvalue weighted by Crippen LogP contribution is 2.22. The maximum absolute atomic E-state index is 12.5. The molecule has 1 atom stereocenters. The number of aromatic nitrogens is 1. The van der Waals surface area contributed by atoms with Crippen molar-refractivity contribution in [2.75, 3.05) is 0 Å². The Bertz CT molecular complexity index is 744. The number of nitrogens with one attached hydrogen (secondary N) is 1. The molecule has 1 heterocycles. The zero-order valence-electron chi connectivity index (χ0n) is 14.7. The SMILES string of the molecule is CC(=O)Oc1cc(C(=O)O)c(C(=O)NC(C)(C(N)=O)C(C)C)nc1C. The van der Waals surface area contributed by atoms with Gasteiger partial charge in [0.2, 0.25) is 5.91 Å². The smallest absolute Gasteiger partial charge is 0.338 e. The van der Waals surface area contributed by atoms with Crippen molar-refractivity contribution < 1.29 is 29.0 Å². The molecule has 0 saturated heterocycles. The zero-order chi connectivity index (χ0) is 19.5. The van der Waals surface area contributed by atoms with Gasteiger partial charge in [-0.3, -0.25) is 14.4 Å². The van der Waals surface area contributed by atoms with Crippen molar-refractivity contribution in [1.29, 1.82) is 0 Å². The van der Waals surface area contributed by atoms with Gasteiger partial charge in [-0.05, 0) is 25.8 Å². The number of hydrogen-bond donors (Lipinski definition) is 3. The number of carboxylic acids is 1. The van der Waals surface area contributed by atoms with Gasteiger partial charge in [0, 0.05) is 6.92 Å². The van der Waals surface area contributed by atoms with E-state index in [2.05, 4.69) is 10.3 Å². The minimum absolute atomic E-state index is 0.0667. The topological polar surface area (TPSA) is 149 Å². The van der Waals surface area contributed by atoms with E-state index in [0.29, 0.717) is 0 Å². The molecule has 0 aliphatic carbocycles. The zero-order valence-corrected chi connectivity index (χ0v) is 14.7. The molecule has 9 nitrogen and oxygen atoms in total. The van der Waals surface area contributed by atoms with E-state index in [9.17, 15) is 24.3 Å². The molecule has 0 aliphatic rings. The fourth-order valence-electron chi connectivity index (χ4n) is 1.97. The Labute approximate surface area is 144 Å². The van der Waals surface area contributed by atoms with Crippen LogP contribution in [0.2, 0.25) is 0 Å². The average molecular weight is 351 g/mol. The van der Waals surface area contributed by atoms with Gasteiger partial charge in [0.25, 0.3) is 5.91 Å². The Kier molecular flexibility index (Phi) is 5.85. The van der Waals surface area contributed by atoms with Gasteiger partial charge >= 0.3 is 11.9 Å². The summed E-state index contributed by atoms with van der Waals surface area (Å²) in [4.78, 5) is 50.7. The number of nitrogens with two attached hydrogens (primary N) is 1. The number of ether oxygens (including phenoxy) is 1. The van der Waals surface area contributed by atoms with Crippen LogP contribution >= 0.6 is 0 Å². The standard InChI is InChI=1S/C16H21N3O6/c1-7(2)16(5,15(17)24)19-13(21)12-10(14(22)23)6-11(8(3)18-12)25-9(4)20/h6-7H,1-5H3,(H2,17,24)(H,19,21)(H,22,23). The van der Waals surface area contributed by atoms with E-state index in [0.717, 1.165) is 13.0 Å². The van der Waals surface area contributed by atoms with E-state index in [1.54, 1.807) is 13.8 Å². The van der Waals surface area contributed by atoms with Gasteiger partial charge in [-0.2, -0.15) is 0 Å². The second-order valence-corrected chi connectivity index (χ2v) is 6.04. The van der Waals surface area contributed by atoms with Crippen molar-refractivity contribution in [2.24, 2.45) is 11.7 Å². The largest absolute Gasteiger partial charge is 0.478 e. The molecule has 0 radical (unpaired) electrons. The second-order valence-electron chi connectivity index (χ2n) is 6.04. The Balaban J connectivity index is 3.38. The van der Waals surface area contributed by atoms with E-state index >= 15 is 0 Å². The van der Waals surface area contributed by atoms with Crippen molar-refractivity contribution in [1.82, 2.24) is 10.3 Å². The summed E-state index contributed by atoms with van der Waals surface area (Å²) in [6.07, 6.45) is 0. The lowest BCUT2D eigenvalue weighted by molar-refractivity contribution is -0.132. The number of aryl methyl sites for hydroxylation is 1. The molecule has 0 saturated carbocycles. The Hall–Kier alpha value is -2.97. The third kappa shape index (κ3) is 4.31. The molecular weight excluding hydrogens is 330 g/mol. The second kappa shape index (κ2) is 7.29. The molecule has 1 aromatic rings. The first-order valence-corrected chi connectivity index (χ1v) is 7.45. The Morgan fingerprint density at radius 2 is 1.88 bits per heavy atom. The minimum Gasteiger partial charge on any atom is -0.478 e. The molecule has 136 valence electrons. The number of pyridine rings is 1. The first-order valence-electron chi connectivity index (χ1n) is 7.45. The maximum Gasteiger partial charge on any atom is 0.338 e. The van der Waals surface area contributed by atoms with Crippen LogP contribution in [0.15, 0.2) is 6.07 Å². The fraction of sp³-hybridized carbons (Fsp3) is 0.438. The number of rotatable bonds is 6. The summed E-state index contributed by atoms with van der Waals surface area (Å²) in [6, 6.07) is 1.04. The summed E-state index contributed by atoms with van der Waals surface area (Å²) >= 11 is 0. The van der Waals surface area contributed by atoms with Crippen molar-refractivity contribution in [2.45, 2.75) is 40.2 Å². The lowest BCUT2D eigenvalue weighted by atomic mass is 9.87. The third-order valence-corrected chi connectivity index (χ3v) is 3.91. The van der Waals surface area contributed by atoms with Crippen LogP contribution in [0.3, 0.4) is 0 Å². The molecule has 0 aliphatic heterocycles. The fourth-order valence-corrected chi connectivity index (χ4v) is 1.97. The van der Waals surface area contributed by atoms with E-state index in [-0.39, 0.29) is 17.4 Å². The van der Waals surface area contributed by atoms with Gasteiger partial charge in [-0.15, -0.1) is 0 Å². The van der Waals surface area contributed by atoms with Gasteiger partial charge < -0.3 is 20.9 Å². The molecule has 9 heteroatoms. The van der Waals surface area contributed by atoms with Crippen LogP contribution in [-0.4, -0.2) is 39.4 Å². The molecule has 1 aromatic heterocycles. The number of carbonyl (C=O) groups excluding carboxylic acids is 3. The monoisotopic (exact) mass is 351 g/mol. The Morgan fingerprint density at radius 3 is 2.28 bits per heavy atom. The van der Waals surface area contributed by atoms with Gasteiger partial charge in [-0.25, -0.2) is 9.78 Å². The molecule has 0 fully saturated rings. The predicted octanol–water partition coefficient (Wildman–Crippen LogP) is 0.643. The highest BCUT2D eigenvalue weighted by molar-refractivity contribution is 6.05. The lowest BCUT2D eigenvalue weighted by Gasteiger charge is -2.31.